The number of para-hydroxylation sites is 2. The highest BCUT2D eigenvalue weighted by Gasteiger charge is 2.49. The van der Waals surface area contributed by atoms with Crippen molar-refractivity contribution in [1.29, 1.82) is 0 Å². The van der Waals surface area contributed by atoms with Crippen LogP contribution in [0.2, 0.25) is 0 Å². The van der Waals surface area contributed by atoms with Gasteiger partial charge in [0.05, 0.1) is 11.0 Å². The van der Waals surface area contributed by atoms with E-state index in [0.29, 0.717) is 23.8 Å². The van der Waals surface area contributed by atoms with Gasteiger partial charge >= 0.3 is 0 Å². The van der Waals surface area contributed by atoms with Crippen molar-refractivity contribution in [3.63, 3.8) is 0 Å². The van der Waals surface area contributed by atoms with Crippen LogP contribution in [0.1, 0.15) is 47.8 Å². The zero-order valence-electron chi connectivity index (χ0n) is 30.8. The minimum absolute atomic E-state index is 0.318. The minimum Gasteiger partial charge on any atom is -0.338 e. The summed E-state index contributed by atoms with van der Waals surface area (Å²) < 4.78 is 2.42. The van der Waals surface area contributed by atoms with Gasteiger partial charge in [0, 0.05) is 39.8 Å². The van der Waals surface area contributed by atoms with E-state index in [9.17, 15) is 0 Å². The lowest BCUT2D eigenvalue weighted by Gasteiger charge is -2.45. The van der Waals surface area contributed by atoms with E-state index in [2.05, 4.69) is 204 Å². The molecule has 2 aliphatic rings. The molecule has 4 unspecified atom stereocenters. The maximum absolute atomic E-state index is 2.71. The number of hydrogen-bond acceptors (Lipinski definition) is 1. The predicted octanol–water partition coefficient (Wildman–Crippen LogP) is 13.8. The smallest absolute Gasteiger partial charge is 0.0541 e. The molecular formula is C53H42N2. The van der Waals surface area contributed by atoms with E-state index >= 15 is 0 Å². The lowest BCUT2D eigenvalue weighted by Crippen LogP contribution is -2.43. The number of hydrogen-bond donors (Lipinski definition) is 0. The standard InChI is InChI=1S/C53H42N2/c1-2-15-38(16-3-1)52-47-22-7-6-19-44(47)48-24-13-27-51(53(48)52)54(39-30-28-37(29-31-39)43-23-12-17-36-14-4-5-18-42(36)43)40-32-34-41(35-33-40)55-49-25-10-8-20-45(49)46-21-9-11-26-50(46)55/h1-12,14-23,25-26,28-35,48,51-53H,13,24,27H2. The Kier molecular flexibility index (Phi) is 7.69. The number of aromatic nitrogens is 1. The molecule has 1 aromatic heterocycles. The van der Waals surface area contributed by atoms with E-state index in [4.69, 9.17) is 0 Å². The highest BCUT2D eigenvalue weighted by atomic mass is 15.2. The highest BCUT2D eigenvalue weighted by Crippen LogP contribution is 2.58. The van der Waals surface area contributed by atoms with Crippen LogP contribution in [-0.4, -0.2) is 10.6 Å². The first-order chi connectivity index (χ1) is 27.3. The van der Waals surface area contributed by atoms with E-state index in [-0.39, 0.29) is 0 Å². The fourth-order valence-electron chi connectivity index (χ4n) is 10.5. The molecule has 9 aromatic rings. The van der Waals surface area contributed by atoms with E-state index in [0.717, 1.165) is 6.42 Å². The van der Waals surface area contributed by atoms with Crippen LogP contribution in [0, 0.1) is 5.92 Å². The molecule has 2 heteroatoms. The quantitative estimate of drug-likeness (QED) is 0.167. The summed E-state index contributed by atoms with van der Waals surface area (Å²) in [5.74, 6) is 1.32. The van der Waals surface area contributed by atoms with Gasteiger partial charge in [-0.05, 0) is 112 Å². The fourth-order valence-corrected chi connectivity index (χ4v) is 10.5. The van der Waals surface area contributed by atoms with Gasteiger partial charge in [-0.1, -0.05) is 152 Å². The predicted molar refractivity (Wildman–Crippen MR) is 231 cm³/mol. The molecule has 0 N–H and O–H groups in total. The molecule has 264 valence electrons. The maximum Gasteiger partial charge on any atom is 0.0541 e. The largest absolute Gasteiger partial charge is 0.338 e. The fraction of sp³-hybridized carbons (Fsp3) is 0.132. The second-order valence-corrected chi connectivity index (χ2v) is 15.5. The molecule has 55 heavy (non-hydrogen) atoms. The van der Waals surface area contributed by atoms with Crippen molar-refractivity contribution in [2.75, 3.05) is 4.90 Å². The van der Waals surface area contributed by atoms with Crippen molar-refractivity contribution in [2.45, 2.75) is 37.1 Å². The molecule has 11 rings (SSSR count). The number of benzene rings is 8. The topological polar surface area (TPSA) is 8.17 Å². The van der Waals surface area contributed by atoms with Crippen molar-refractivity contribution in [1.82, 2.24) is 4.57 Å². The molecule has 1 heterocycles. The molecule has 0 amide bonds. The van der Waals surface area contributed by atoms with Crippen LogP contribution >= 0.6 is 0 Å². The van der Waals surface area contributed by atoms with Crippen molar-refractivity contribution in [3.8, 4) is 16.8 Å². The van der Waals surface area contributed by atoms with Crippen LogP contribution in [0.3, 0.4) is 0 Å². The molecule has 1 saturated carbocycles. The summed E-state index contributed by atoms with van der Waals surface area (Å²) >= 11 is 0. The van der Waals surface area contributed by atoms with Crippen LogP contribution in [0.25, 0.3) is 49.4 Å². The zero-order valence-corrected chi connectivity index (χ0v) is 30.8. The Labute approximate surface area is 322 Å². The number of anilines is 2. The first-order valence-electron chi connectivity index (χ1n) is 19.9. The Balaban J connectivity index is 1.06. The molecule has 0 radical (unpaired) electrons. The van der Waals surface area contributed by atoms with E-state index in [1.54, 1.807) is 5.56 Å². The summed E-state index contributed by atoms with van der Waals surface area (Å²) in [4.78, 5) is 2.71. The average Bonchev–Trinajstić information content (AvgIpc) is 3.78. The summed E-state index contributed by atoms with van der Waals surface area (Å²) in [5.41, 5.74) is 13.2. The molecule has 1 fully saturated rings. The Morgan fingerprint density at radius 2 is 1.04 bits per heavy atom. The van der Waals surface area contributed by atoms with Gasteiger partial charge in [-0.2, -0.15) is 0 Å². The monoisotopic (exact) mass is 706 g/mol. The third-order valence-electron chi connectivity index (χ3n) is 12.7. The van der Waals surface area contributed by atoms with E-state index < -0.39 is 0 Å². The molecule has 0 bridgehead atoms. The number of nitrogens with zero attached hydrogens (tertiary/aromatic N) is 2. The van der Waals surface area contributed by atoms with Gasteiger partial charge in [-0.3, -0.25) is 0 Å². The Bertz CT molecular complexity index is 2750. The van der Waals surface area contributed by atoms with Gasteiger partial charge in [0.15, 0.2) is 0 Å². The summed E-state index contributed by atoms with van der Waals surface area (Å²) in [7, 11) is 0. The summed E-state index contributed by atoms with van der Waals surface area (Å²) in [6.45, 7) is 0. The van der Waals surface area contributed by atoms with Gasteiger partial charge in [-0.15, -0.1) is 0 Å². The summed E-state index contributed by atoms with van der Waals surface area (Å²) in [6, 6.07) is 72.8. The normalized spacial score (nSPS) is 19.1. The molecule has 2 aliphatic carbocycles. The lowest BCUT2D eigenvalue weighted by atomic mass is 9.70. The summed E-state index contributed by atoms with van der Waals surface area (Å²) in [6.07, 6.45) is 3.60. The second kappa shape index (κ2) is 13.2. The molecule has 0 saturated heterocycles. The Morgan fingerprint density at radius 1 is 0.455 bits per heavy atom. The SMILES string of the molecule is c1ccc(C2c3ccccc3C3CCCC(N(c4ccc(-c5cccc6ccccc56)cc4)c4ccc(-n5c6ccccc6c6ccccc65)cc4)C32)cc1. The molecule has 0 spiro atoms. The summed E-state index contributed by atoms with van der Waals surface area (Å²) in [5, 5.41) is 5.14. The lowest BCUT2D eigenvalue weighted by molar-refractivity contribution is 0.263. The van der Waals surface area contributed by atoms with Gasteiger partial charge < -0.3 is 9.47 Å². The first kappa shape index (κ1) is 32.1. The third-order valence-corrected chi connectivity index (χ3v) is 12.7. The van der Waals surface area contributed by atoms with Crippen LogP contribution in [0.5, 0.6) is 0 Å². The van der Waals surface area contributed by atoms with Crippen LogP contribution in [-0.2, 0) is 0 Å². The number of rotatable bonds is 6. The Morgan fingerprint density at radius 3 is 1.76 bits per heavy atom. The third kappa shape index (κ3) is 5.23. The number of fused-ring (bicyclic) bond motifs is 7. The van der Waals surface area contributed by atoms with Crippen LogP contribution in [0.15, 0.2) is 194 Å². The second-order valence-electron chi connectivity index (χ2n) is 15.5. The van der Waals surface area contributed by atoms with Gasteiger partial charge in [-0.25, -0.2) is 0 Å². The van der Waals surface area contributed by atoms with Crippen LogP contribution < -0.4 is 4.90 Å². The van der Waals surface area contributed by atoms with Gasteiger partial charge in [0.2, 0.25) is 0 Å². The first-order valence-corrected chi connectivity index (χ1v) is 19.9. The van der Waals surface area contributed by atoms with Gasteiger partial charge in [0.1, 0.15) is 0 Å². The molecule has 8 aromatic carbocycles. The van der Waals surface area contributed by atoms with E-state index in [1.807, 2.05) is 0 Å². The molecule has 4 atom stereocenters. The average molecular weight is 707 g/mol. The zero-order chi connectivity index (χ0) is 36.3. The van der Waals surface area contributed by atoms with Crippen molar-refractivity contribution >= 4 is 44.0 Å². The van der Waals surface area contributed by atoms with Crippen LogP contribution in [0.4, 0.5) is 11.4 Å². The van der Waals surface area contributed by atoms with Crippen molar-refractivity contribution < 1.29 is 0 Å². The highest BCUT2D eigenvalue weighted by molar-refractivity contribution is 6.09. The van der Waals surface area contributed by atoms with E-state index in [1.165, 1.54) is 84.7 Å². The molecular weight excluding hydrogens is 665 g/mol. The van der Waals surface area contributed by atoms with Crippen molar-refractivity contribution in [2.24, 2.45) is 5.92 Å². The minimum atomic E-state index is 0.318. The van der Waals surface area contributed by atoms with Gasteiger partial charge in [0.25, 0.3) is 0 Å². The maximum atomic E-state index is 2.71. The molecule has 2 nitrogen and oxygen atoms in total. The van der Waals surface area contributed by atoms with Crippen molar-refractivity contribution in [3.05, 3.63) is 211 Å². The molecule has 0 aliphatic heterocycles. The Hall–Kier alpha value is -6.38.